The number of hydrogen-bond acceptors (Lipinski definition) is 4. The summed E-state index contributed by atoms with van der Waals surface area (Å²) in [4.78, 5) is 21.1. The first kappa shape index (κ1) is 11.9. The maximum Gasteiger partial charge on any atom is 0.322 e. The van der Waals surface area contributed by atoms with Crippen LogP contribution in [0, 0.1) is 0 Å². The third kappa shape index (κ3) is 6.06. The summed E-state index contributed by atoms with van der Waals surface area (Å²) in [7, 11) is 0. The minimum Gasteiger partial charge on any atom is -0.480 e. The summed E-state index contributed by atoms with van der Waals surface area (Å²) in [5.41, 5.74) is 10.3. The number of hydrogen-bond donors (Lipinski definition) is 4. The summed E-state index contributed by atoms with van der Waals surface area (Å²) in [5, 5.41) is 10.8. The van der Waals surface area contributed by atoms with E-state index in [-0.39, 0.29) is 12.5 Å². The largest absolute Gasteiger partial charge is 0.480 e. The van der Waals surface area contributed by atoms with Gasteiger partial charge in [-0.2, -0.15) is 0 Å². The van der Waals surface area contributed by atoms with Crippen molar-refractivity contribution >= 4 is 11.9 Å². The van der Waals surface area contributed by atoms with Crippen LogP contribution in [0.15, 0.2) is 0 Å². The van der Waals surface area contributed by atoms with Crippen molar-refractivity contribution in [3.05, 3.63) is 0 Å². The van der Waals surface area contributed by atoms with Gasteiger partial charge in [0.1, 0.15) is 6.04 Å². The van der Waals surface area contributed by atoms with Gasteiger partial charge in [0.15, 0.2) is 0 Å². The number of carbonyl (C=O) groups excluding carboxylic acids is 1. The van der Waals surface area contributed by atoms with E-state index in [1.807, 2.05) is 0 Å². The van der Waals surface area contributed by atoms with Crippen molar-refractivity contribution in [1.29, 1.82) is 0 Å². The van der Waals surface area contributed by atoms with Gasteiger partial charge in [0.2, 0.25) is 5.91 Å². The lowest BCUT2D eigenvalue weighted by Crippen LogP contribution is -2.42. The highest BCUT2D eigenvalue weighted by Crippen LogP contribution is 1.85. The second kappa shape index (κ2) is 6.38. The lowest BCUT2D eigenvalue weighted by atomic mass is 10.2. The number of carboxylic acids is 1. The van der Waals surface area contributed by atoms with Crippen LogP contribution in [0.5, 0.6) is 0 Å². The fraction of sp³-hybridized carbons (Fsp3) is 0.714. The summed E-state index contributed by atoms with van der Waals surface area (Å²) in [6.07, 6.45) is 0.900. The number of carbonyl (C=O) groups is 2. The van der Waals surface area contributed by atoms with Gasteiger partial charge >= 0.3 is 5.97 Å². The first-order valence-electron chi connectivity index (χ1n) is 4.03. The normalized spacial score (nSPS) is 12.2. The Morgan fingerprint density at radius 2 is 2.08 bits per heavy atom. The molecule has 0 aliphatic carbocycles. The van der Waals surface area contributed by atoms with Crippen LogP contribution in [0.2, 0.25) is 0 Å². The molecule has 13 heavy (non-hydrogen) atoms. The Balaban J connectivity index is 3.52. The molecule has 1 amide bonds. The second-order valence-corrected chi connectivity index (χ2v) is 2.64. The molecule has 6 N–H and O–H groups in total. The number of carboxylic acid groups (broad SMARTS) is 1. The molecule has 0 rings (SSSR count). The van der Waals surface area contributed by atoms with Crippen LogP contribution in [0.4, 0.5) is 0 Å². The molecule has 0 unspecified atom stereocenters. The topological polar surface area (TPSA) is 118 Å². The van der Waals surface area contributed by atoms with Crippen molar-refractivity contribution in [2.45, 2.75) is 18.9 Å². The van der Waals surface area contributed by atoms with Crippen molar-refractivity contribution in [1.82, 2.24) is 5.32 Å². The molecule has 0 aromatic heterocycles. The van der Waals surface area contributed by atoms with Gasteiger partial charge in [-0.25, -0.2) is 0 Å². The number of aliphatic carboxylic acids is 1. The van der Waals surface area contributed by atoms with E-state index in [2.05, 4.69) is 5.32 Å². The Kier molecular flexibility index (Phi) is 5.82. The second-order valence-electron chi connectivity index (χ2n) is 2.64. The third-order valence-electron chi connectivity index (χ3n) is 1.44. The van der Waals surface area contributed by atoms with Gasteiger partial charge in [-0.1, -0.05) is 0 Å². The van der Waals surface area contributed by atoms with Crippen molar-refractivity contribution in [3.63, 3.8) is 0 Å². The number of rotatable bonds is 6. The Hall–Kier alpha value is -1.14. The summed E-state index contributed by atoms with van der Waals surface area (Å²) in [6.45, 7) is 0.400. The van der Waals surface area contributed by atoms with Crippen LogP contribution < -0.4 is 16.8 Å². The minimum atomic E-state index is -1.13. The Morgan fingerprint density at radius 3 is 2.54 bits per heavy atom. The van der Waals surface area contributed by atoms with E-state index in [1.165, 1.54) is 0 Å². The van der Waals surface area contributed by atoms with Crippen molar-refractivity contribution < 1.29 is 14.7 Å². The maximum absolute atomic E-state index is 10.9. The summed E-state index contributed by atoms with van der Waals surface area (Å²) >= 11 is 0. The lowest BCUT2D eigenvalue weighted by Gasteiger charge is -2.07. The lowest BCUT2D eigenvalue weighted by molar-refractivity contribution is -0.138. The van der Waals surface area contributed by atoms with Gasteiger partial charge in [0.05, 0.1) is 0 Å². The molecular weight excluding hydrogens is 174 g/mol. The molecule has 1 atom stereocenters. The highest BCUT2D eigenvalue weighted by atomic mass is 16.4. The van der Waals surface area contributed by atoms with E-state index in [1.54, 1.807) is 0 Å². The average Bonchev–Trinajstić information content (AvgIpc) is 2.10. The van der Waals surface area contributed by atoms with E-state index in [4.69, 9.17) is 16.6 Å². The predicted molar refractivity (Wildman–Crippen MR) is 46.9 cm³/mol. The van der Waals surface area contributed by atoms with E-state index < -0.39 is 12.0 Å². The molecule has 6 heteroatoms. The first-order valence-corrected chi connectivity index (χ1v) is 4.03. The Labute approximate surface area is 76.3 Å². The third-order valence-corrected chi connectivity index (χ3v) is 1.44. The van der Waals surface area contributed by atoms with Gasteiger partial charge in [0, 0.05) is 13.0 Å². The molecular formula is C7H15N3O3. The van der Waals surface area contributed by atoms with Gasteiger partial charge in [-0.15, -0.1) is 0 Å². The SMILES string of the molecule is NCCCC(=O)NC[C@H](N)C(=O)O. The molecule has 0 fully saturated rings. The first-order chi connectivity index (χ1) is 6.07. The molecule has 0 aromatic carbocycles. The number of amides is 1. The van der Waals surface area contributed by atoms with Crippen molar-refractivity contribution in [2.75, 3.05) is 13.1 Å². The van der Waals surface area contributed by atoms with Gasteiger partial charge in [-0.3, -0.25) is 9.59 Å². The van der Waals surface area contributed by atoms with Crippen LogP contribution in [0.25, 0.3) is 0 Å². The number of nitrogens with one attached hydrogen (secondary N) is 1. The van der Waals surface area contributed by atoms with Gasteiger partial charge < -0.3 is 21.9 Å². The summed E-state index contributed by atoms with van der Waals surface area (Å²) in [6, 6.07) is -1.04. The van der Waals surface area contributed by atoms with Crippen molar-refractivity contribution in [3.8, 4) is 0 Å². The van der Waals surface area contributed by atoms with Crippen LogP contribution in [-0.2, 0) is 9.59 Å². The van der Waals surface area contributed by atoms with Crippen LogP contribution >= 0.6 is 0 Å². The Morgan fingerprint density at radius 1 is 1.46 bits per heavy atom. The molecule has 0 aliphatic rings. The maximum atomic E-state index is 10.9. The minimum absolute atomic E-state index is 0.0429. The summed E-state index contributed by atoms with van der Waals surface area (Å²) in [5.74, 6) is -1.35. The highest BCUT2D eigenvalue weighted by molar-refractivity contribution is 5.78. The molecule has 0 radical (unpaired) electrons. The predicted octanol–water partition coefficient (Wildman–Crippen LogP) is -1.75. The zero-order chi connectivity index (χ0) is 10.3. The van der Waals surface area contributed by atoms with E-state index in [0.29, 0.717) is 19.4 Å². The fourth-order valence-electron chi connectivity index (χ4n) is 0.662. The highest BCUT2D eigenvalue weighted by Gasteiger charge is 2.11. The number of nitrogens with two attached hydrogens (primary N) is 2. The van der Waals surface area contributed by atoms with Gasteiger partial charge in [-0.05, 0) is 13.0 Å². The van der Waals surface area contributed by atoms with Crippen LogP contribution in [0.3, 0.4) is 0 Å². The molecule has 0 saturated carbocycles. The van der Waals surface area contributed by atoms with Crippen molar-refractivity contribution in [2.24, 2.45) is 11.5 Å². The van der Waals surface area contributed by atoms with Gasteiger partial charge in [0.25, 0.3) is 0 Å². The molecule has 6 nitrogen and oxygen atoms in total. The molecule has 0 aromatic rings. The zero-order valence-corrected chi connectivity index (χ0v) is 7.32. The average molecular weight is 189 g/mol. The van der Waals surface area contributed by atoms with E-state index in [9.17, 15) is 9.59 Å². The molecule has 0 spiro atoms. The van der Waals surface area contributed by atoms with E-state index >= 15 is 0 Å². The molecule has 0 saturated heterocycles. The molecule has 0 aliphatic heterocycles. The standard InChI is InChI=1S/C7H15N3O3/c8-3-1-2-6(11)10-4-5(9)7(12)13/h5H,1-4,8-9H2,(H,10,11)(H,12,13)/t5-/m0/s1. The Bertz CT molecular complexity index is 184. The molecule has 76 valence electrons. The van der Waals surface area contributed by atoms with Crippen LogP contribution in [0.1, 0.15) is 12.8 Å². The monoisotopic (exact) mass is 189 g/mol. The smallest absolute Gasteiger partial charge is 0.322 e. The van der Waals surface area contributed by atoms with E-state index in [0.717, 1.165) is 0 Å². The quantitative estimate of drug-likeness (QED) is 0.395. The molecule has 0 bridgehead atoms. The zero-order valence-electron chi connectivity index (χ0n) is 7.32. The summed E-state index contributed by atoms with van der Waals surface area (Å²) < 4.78 is 0. The fourth-order valence-corrected chi connectivity index (χ4v) is 0.662. The molecule has 0 heterocycles. The van der Waals surface area contributed by atoms with Crippen LogP contribution in [-0.4, -0.2) is 36.1 Å².